The Morgan fingerprint density at radius 3 is 2.67 bits per heavy atom. The number of H-pyrrole nitrogens is 1. The van der Waals surface area contributed by atoms with Crippen molar-refractivity contribution in [3.05, 3.63) is 17.5 Å². The molecule has 6 heteroatoms. The molecule has 1 aromatic rings. The molecule has 1 aromatic heterocycles. The van der Waals surface area contributed by atoms with Gasteiger partial charge in [0.2, 0.25) is 0 Å². The number of hydrogen-bond donors (Lipinski definition) is 3. The summed E-state index contributed by atoms with van der Waals surface area (Å²) in [6.45, 7) is 9.12. The van der Waals surface area contributed by atoms with Crippen molar-refractivity contribution in [3.8, 4) is 0 Å². The summed E-state index contributed by atoms with van der Waals surface area (Å²) in [6, 6.07) is 0. The summed E-state index contributed by atoms with van der Waals surface area (Å²) in [5.41, 5.74) is 2.46. The van der Waals surface area contributed by atoms with E-state index in [1.165, 1.54) is 30.5 Å². The Balaban J connectivity index is 0.00000400. The summed E-state index contributed by atoms with van der Waals surface area (Å²) in [4.78, 5) is 4.60. The lowest BCUT2D eigenvalue weighted by atomic mass is 10.1. The topological polar surface area (TPSA) is 65.1 Å². The van der Waals surface area contributed by atoms with E-state index in [4.69, 9.17) is 0 Å². The third kappa shape index (κ3) is 8.95. The summed E-state index contributed by atoms with van der Waals surface area (Å²) < 4.78 is 0. The van der Waals surface area contributed by atoms with E-state index in [-0.39, 0.29) is 24.0 Å². The van der Waals surface area contributed by atoms with Crippen molar-refractivity contribution >= 4 is 29.9 Å². The Hall–Kier alpha value is -0.790. The van der Waals surface area contributed by atoms with Crippen LogP contribution in [0.2, 0.25) is 0 Å². The second-order valence-electron chi connectivity index (χ2n) is 5.02. The van der Waals surface area contributed by atoms with E-state index in [0.717, 1.165) is 38.4 Å². The minimum absolute atomic E-state index is 0. The van der Waals surface area contributed by atoms with Gasteiger partial charge in [0, 0.05) is 25.3 Å². The van der Waals surface area contributed by atoms with Crippen molar-refractivity contribution in [3.63, 3.8) is 0 Å². The lowest BCUT2D eigenvalue weighted by molar-refractivity contribution is 0.681. The smallest absolute Gasteiger partial charge is 0.191 e. The number of nitrogens with zero attached hydrogens (tertiary/aromatic N) is 2. The molecule has 5 nitrogen and oxygen atoms in total. The Bertz CT molecular complexity index is 389. The van der Waals surface area contributed by atoms with Crippen LogP contribution in [0.3, 0.4) is 0 Å². The molecule has 0 amide bonds. The molecule has 0 aromatic carbocycles. The summed E-state index contributed by atoms with van der Waals surface area (Å²) in [5.74, 6) is 0.938. The zero-order valence-corrected chi connectivity index (χ0v) is 15.9. The Morgan fingerprint density at radius 2 is 2.05 bits per heavy atom. The molecule has 0 radical (unpaired) electrons. The maximum atomic E-state index is 4.60. The SMILES string of the molecule is CCCCCNC(=NCCCc1cn[nH]c1C)NCC.I. The first kappa shape index (κ1) is 20.2. The van der Waals surface area contributed by atoms with Gasteiger partial charge >= 0.3 is 0 Å². The van der Waals surface area contributed by atoms with Gasteiger partial charge in [-0.2, -0.15) is 5.10 Å². The zero-order chi connectivity index (χ0) is 14.6. The number of guanidine groups is 1. The Labute approximate surface area is 145 Å². The molecule has 3 N–H and O–H groups in total. The van der Waals surface area contributed by atoms with E-state index >= 15 is 0 Å². The van der Waals surface area contributed by atoms with Crippen molar-refractivity contribution in [1.82, 2.24) is 20.8 Å². The fourth-order valence-electron chi connectivity index (χ4n) is 2.01. The van der Waals surface area contributed by atoms with Crippen LogP contribution in [0.15, 0.2) is 11.2 Å². The number of halogens is 1. The molecular formula is C15H30IN5. The van der Waals surface area contributed by atoms with Crippen LogP contribution in [0.4, 0.5) is 0 Å². The summed E-state index contributed by atoms with van der Waals surface area (Å²) >= 11 is 0. The maximum absolute atomic E-state index is 4.60. The molecule has 0 bridgehead atoms. The van der Waals surface area contributed by atoms with E-state index in [9.17, 15) is 0 Å². The molecule has 0 unspecified atom stereocenters. The number of aromatic nitrogens is 2. The van der Waals surface area contributed by atoms with E-state index < -0.39 is 0 Å². The van der Waals surface area contributed by atoms with Gasteiger partial charge in [-0.05, 0) is 38.7 Å². The van der Waals surface area contributed by atoms with E-state index in [2.05, 4.69) is 46.6 Å². The predicted molar refractivity (Wildman–Crippen MR) is 101 cm³/mol. The fourth-order valence-corrected chi connectivity index (χ4v) is 2.01. The number of rotatable bonds is 9. The molecule has 21 heavy (non-hydrogen) atoms. The fraction of sp³-hybridized carbons (Fsp3) is 0.733. The number of hydrogen-bond acceptors (Lipinski definition) is 2. The summed E-state index contributed by atoms with van der Waals surface area (Å²) in [5, 5.41) is 13.7. The highest BCUT2D eigenvalue weighted by molar-refractivity contribution is 14.0. The third-order valence-corrected chi connectivity index (χ3v) is 3.23. The summed E-state index contributed by atoms with van der Waals surface area (Å²) in [7, 11) is 0. The molecular weight excluding hydrogens is 377 g/mol. The number of aromatic amines is 1. The highest BCUT2D eigenvalue weighted by Gasteiger charge is 2.00. The second-order valence-corrected chi connectivity index (χ2v) is 5.02. The monoisotopic (exact) mass is 407 g/mol. The molecule has 1 rings (SSSR count). The number of nitrogens with one attached hydrogen (secondary N) is 3. The molecule has 0 fully saturated rings. The molecule has 0 aliphatic carbocycles. The van der Waals surface area contributed by atoms with Gasteiger partial charge in [-0.25, -0.2) is 0 Å². The average molecular weight is 407 g/mol. The van der Waals surface area contributed by atoms with Gasteiger partial charge < -0.3 is 10.6 Å². The minimum Gasteiger partial charge on any atom is -0.357 e. The molecule has 0 saturated carbocycles. The van der Waals surface area contributed by atoms with Crippen LogP contribution in [-0.4, -0.2) is 35.8 Å². The van der Waals surface area contributed by atoms with Crippen LogP contribution in [0.5, 0.6) is 0 Å². The van der Waals surface area contributed by atoms with Crippen molar-refractivity contribution in [1.29, 1.82) is 0 Å². The lowest BCUT2D eigenvalue weighted by Crippen LogP contribution is -2.37. The number of aliphatic imine (C=N–C) groups is 1. The molecule has 1 heterocycles. The first-order valence-corrected chi connectivity index (χ1v) is 7.79. The largest absolute Gasteiger partial charge is 0.357 e. The second kappa shape index (κ2) is 12.9. The van der Waals surface area contributed by atoms with Crippen LogP contribution < -0.4 is 10.6 Å². The van der Waals surface area contributed by atoms with Crippen LogP contribution in [0.25, 0.3) is 0 Å². The molecule has 0 spiro atoms. The van der Waals surface area contributed by atoms with Crippen molar-refractivity contribution in [2.75, 3.05) is 19.6 Å². The van der Waals surface area contributed by atoms with E-state index in [1.54, 1.807) is 0 Å². The van der Waals surface area contributed by atoms with Gasteiger partial charge in [-0.3, -0.25) is 10.1 Å². The maximum Gasteiger partial charge on any atom is 0.191 e. The third-order valence-electron chi connectivity index (χ3n) is 3.23. The van der Waals surface area contributed by atoms with Crippen LogP contribution >= 0.6 is 24.0 Å². The van der Waals surface area contributed by atoms with Gasteiger partial charge in [0.15, 0.2) is 5.96 Å². The molecule has 0 atom stereocenters. The van der Waals surface area contributed by atoms with Gasteiger partial charge in [0.1, 0.15) is 0 Å². The zero-order valence-electron chi connectivity index (χ0n) is 13.5. The standard InChI is InChI=1S/C15H29N5.HI/c1-4-6-7-10-17-15(16-5-2)18-11-8-9-14-12-19-20-13(14)3;/h12H,4-11H2,1-3H3,(H,19,20)(H2,16,17,18);1H. The average Bonchev–Trinajstić information content (AvgIpc) is 2.85. The van der Waals surface area contributed by atoms with E-state index in [1.807, 2.05) is 6.20 Å². The van der Waals surface area contributed by atoms with Crippen molar-refractivity contribution in [2.45, 2.75) is 52.9 Å². The predicted octanol–water partition coefficient (Wildman–Crippen LogP) is 3.01. The first-order valence-electron chi connectivity index (χ1n) is 7.79. The highest BCUT2D eigenvalue weighted by Crippen LogP contribution is 2.05. The molecule has 0 aliphatic rings. The minimum atomic E-state index is 0. The lowest BCUT2D eigenvalue weighted by Gasteiger charge is -2.10. The summed E-state index contributed by atoms with van der Waals surface area (Å²) in [6.07, 6.45) is 7.71. The normalized spacial score (nSPS) is 11.1. The van der Waals surface area contributed by atoms with Gasteiger partial charge in [-0.1, -0.05) is 19.8 Å². The van der Waals surface area contributed by atoms with Crippen molar-refractivity contribution < 1.29 is 0 Å². The Kier molecular flexibility index (Phi) is 12.4. The Morgan fingerprint density at radius 1 is 1.24 bits per heavy atom. The van der Waals surface area contributed by atoms with Gasteiger partial charge in [0.05, 0.1) is 6.20 Å². The number of unbranched alkanes of at least 4 members (excludes halogenated alkanes) is 2. The highest BCUT2D eigenvalue weighted by atomic mass is 127. The van der Waals surface area contributed by atoms with Crippen LogP contribution in [0, 0.1) is 6.92 Å². The molecule has 122 valence electrons. The molecule has 0 saturated heterocycles. The first-order chi connectivity index (χ1) is 9.77. The van der Waals surface area contributed by atoms with E-state index in [0.29, 0.717) is 0 Å². The quantitative estimate of drug-likeness (QED) is 0.255. The number of aryl methyl sites for hydroxylation is 2. The molecule has 0 aliphatic heterocycles. The van der Waals surface area contributed by atoms with Crippen molar-refractivity contribution in [2.24, 2.45) is 4.99 Å². The van der Waals surface area contributed by atoms with Crippen LogP contribution in [-0.2, 0) is 6.42 Å². The van der Waals surface area contributed by atoms with Gasteiger partial charge in [-0.15, -0.1) is 24.0 Å². The van der Waals surface area contributed by atoms with Gasteiger partial charge in [0.25, 0.3) is 0 Å². The van der Waals surface area contributed by atoms with Crippen LogP contribution in [0.1, 0.15) is 50.8 Å².